The first-order valence-corrected chi connectivity index (χ1v) is 6.63. The first-order chi connectivity index (χ1) is 7.54. The molecule has 0 aliphatic carbocycles. The number of hydrogen-bond donors (Lipinski definition) is 1. The summed E-state index contributed by atoms with van der Waals surface area (Å²) >= 11 is 6.86. The number of hydrogen-bond acceptors (Lipinski definition) is 1. The molecule has 16 heavy (non-hydrogen) atoms. The maximum atomic E-state index is 12.2. The highest BCUT2D eigenvalue weighted by atomic mass is 79.9. The molecule has 0 bridgehead atoms. The van der Waals surface area contributed by atoms with Crippen LogP contribution in [0.1, 0.15) is 18.2 Å². The summed E-state index contributed by atoms with van der Waals surface area (Å²) in [6, 6.07) is 3.79. The minimum absolute atomic E-state index is 0.121. The van der Waals surface area contributed by atoms with Crippen molar-refractivity contribution in [1.29, 1.82) is 0 Å². The second kappa shape index (κ2) is 4.34. The highest BCUT2D eigenvalue weighted by Gasteiger charge is 2.10. The molecule has 0 aliphatic heterocycles. The Hall–Kier alpha value is -0.610. The summed E-state index contributed by atoms with van der Waals surface area (Å²) in [6.45, 7) is 3.94. The van der Waals surface area contributed by atoms with Gasteiger partial charge in [0, 0.05) is 25.6 Å². The predicted octanol–water partition coefficient (Wildman–Crippen LogP) is 3.92. The van der Waals surface area contributed by atoms with E-state index in [1.807, 2.05) is 26.0 Å². The topological polar surface area (TPSA) is 32.9 Å². The molecule has 1 N–H and O–H groups in total. The molecule has 0 amide bonds. The molecule has 2 aromatic rings. The molecule has 0 spiro atoms. The van der Waals surface area contributed by atoms with Crippen LogP contribution in [0.3, 0.4) is 0 Å². The Morgan fingerprint density at radius 3 is 2.62 bits per heavy atom. The number of halogens is 2. The van der Waals surface area contributed by atoms with Gasteiger partial charge in [0.1, 0.15) is 0 Å². The summed E-state index contributed by atoms with van der Waals surface area (Å²) in [5, 5.41) is 0.726. The van der Waals surface area contributed by atoms with Crippen molar-refractivity contribution in [2.24, 2.45) is 0 Å². The number of benzene rings is 1. The third-order valence-corrected chi connectivity index (χ3v) is 3.78. The number of nitrogens with one attached hydrogen (secondary N) is 1. The Morgan fingerprint density at radius 1 is 1.31 bits per heavy atom. The number of fused-ring (bicyclic) bond motifs is 1. The smallest absolute Gasteiger partial charge is 0.192 e. The molecule has 84 valence electrons. The molecule has 4 heteroatoms. The van der Waals surface area contributed by atoms with Gasteiger partial charge < -0.3 is 4.98 Å². The summed E-state index contributed by atoms with van der Waals surface area (Å²) in [7, 11) is 0. The first kappa shape index (κ1) is 11.9. The fourth-order valence-corrected chi connectivity index (χ4v) is 3.23. The lowest BCUT2D eigenvalue weighted by molar-refractivity contribution is 1.05. The maximum absolute atomic E-state index is 12.2. The Balaban J connectivity index is 2.99. The molecule has 0 fully saturated rings. The molecule has 0 atom stereocenters. The van der Waals surface area contributed by atoms with Gasteiger partial charge in [0.05, 0.1) is 5.52 Å². The molecule has 1 aromatic carbocycles. The van der Waals surface area contributed by atoms with Crippen molar-refractivity contribution in [2.45, 2.75) is 20.3 Å². The van der Waals surface area contributed by atoms with Crippen molar-refractivity contribution in [3.8, 4) is 0 Å². The van der Waals surface area contributed by atoms with Crippen LogP contribution in [0, 0.1) is 6.92 Å². The van der Waals surface area contributed by atoms with E-state index in [0.717, 1.165) is 37.5 Å². The van der Waals surface area contributed by atoms with Crippen LogP contribution in [0.4, 0.5) is 0 Å². The van der Waals surface area contributed by atoms with Crippen molar-refractivity contribution in [3.05, 3.63) is 42.6 Å². The molecule has 0 saturated heterocycles. The van der Waals surface area contributed by atoms with Crippen LogP contribution in [-0.4, -0.2) is 4.98 Å². The number of H-pyrrole nitrogens is 1. The van der Waals surface area contributed by atoms with Gasteiger partial charge in [0.25, 0.3) is 0 Å². The van der Waals surface area contributed by atoms with Gasteiger partial charge in [0.2, 0.25) is 0 Å². The largest absolute Gasteiger partial charge is 0.357 e. The summed E-state index contributed by atoms with van der Waals surface area (Å²) in [4.78, 5) is 15.5. The second-order valence-corrected chi connectivity index (χ2v) is 5.49. The van der Waals surface area contributed by atoms with Crippen LogP contribution in [0.15, 0.2) is 25.9 Å². The van der Waals surface area contributed by atoms with Gasteiger partial charge in [-0.05, 0) is 41.4 Å². The Bertz CT molecular complexity index is 616. The van der Waals surface area contributed by atoms with E-state index >= 15 is 0 Å². The summed E-state index contributed by atoms with van der Waals surface area (Å²) in [5.41, 5.74) is 2.79. The van der Waals surface area contributed by atoms with Crippen LogP contribution in [-0.2, 0) is 6.42 Å². The van der Waals surface area contributed by atoms with Crippen LogP contribution < -0.4 is 5.43 Å². The average molecular weight is 345 g/mol. The van der Waals surface area contributed by atoms with Crippen molar-refractivity contribution in [2.75, 3.05) is 0 Å². The van der Waals surface area contributed by atoms with Gasteiger partial charge in [-0.25, -0.2) is 0 Å². The Kier molecular flexibility index (Phi) is 3.22. The third-order valence-electron chi connectivity index (χ3n) is 2.69. The van der Waals surface area contributed by atoms with E-state index in [9.17, 15) is 4.79 Å². The molecule has 2 rings (SSSR count). The number of aryl methyl sites for hydroxylation is 1. The zero-order valence-electron chi connectivity index (χ0n) is 9.03. The van der Waals surface area contributed by atoms with Gasteiger partial charge in [-0.3, -0.25) is 4.79 Å². The lowest BCUT2D eigenvalue weighted by Crippen LogP contribution is -2.12. The fourth-order valence-electron chi connectivity index (χ4n) is 1.90. The molecular weight excluding hydrogens is 334 g/mol. The summed E-state index contributed by atoms with van der Waals surface area (Å²) in [5.74, 6) is 0. The third kappa shape index (κ3) is 1.84. The summed E-state index contributed by atoms with van der Waals surface area (Å²) in [6.07, 6.45) is 0.751. The first-order valence-electron chi connectivity index (χ1n) is 5.05. The van der Waals surface area contributed by atoms with Crippen molar-refractivity contribution < 1.29 is 0 Å². The van der Waals surface area contributed by atoms with Crippen molar-refractivity contribution in [1.82, 2.24) is 4.98 Å². The second-order valence-electron chi connectivity index (χ2n) is 3.72. The predicted molar refractivity (Wildman–Crippen MR) is 74.1 cm³/mol. The summed E-state index contributed by atoms with van der Waals surface area (Å²) < 4.78 is 1.81. The molecular formula is C12H11Br2NO. The van der Waals surface area contributed by atoms with Crippen LogP contribution >= 0.6 is 31.9 Å². The number of rotatable bonds is 1. The molecule has 0 unspecified atom stereocenters. The molecule has 1 heterocycles. The van der Waals surface area contributed by atoms with Gasteiger partial charge in [-0.2, -0.15) is 0 Å². The molecule has 2 nitrogen and oxygen atoms in total. The fraction of sp³-hybridized carbons (Fsp3) is 0.250. The van der Waals surface area contributed by atoms with E-state index in [0.29, 0.717) is 0 Å². The molecule has 0 radical (unpaired) electrons. The molecule has 1 aromatic heterocycles. The average Bonchev–Trinajstić information content (AvgIpc) is 2.21. The number of aromatic nitrogens is 1. The molecule has 0 aliphatic rings. The van der Waals surface area contributed by atoms with E-state index in [1.54, 1.807) is 0 Å². The quantitative estimate of drug-likeness (QED) is 0.835. The van der Waals surface area contributed by atoms with Crippen molar-refractivity contribution >= 4 is 42.8 Å². The SMILES string of the molecule is CCc1c(C)[nH]c2c(Br)cc(Br)cc2c1=O. The lowest BCUT2D eigenvalue weighted by atomic mass is 10.1. The maximum Gasteiger partial charge on any atom is 0.192 e. The minimum atomic E-state index is 0.121. The van der Waals surface area contributed by atoms with E-state index in [4.69, 9.17) is 0 Å². The van der Waals surface area contributed by atoms with Gasteiger partial charge in [-0.15, -0.1) is 0 Å². The van der Waals surface area contributed by atoms with Gasteiger partial charge in [-0.1, -0.05) is 22.9 Å². The standard InChI is InChI=1S/C12H11Br2NO/c1-3-8-6(2)15-11-9(12(8)16)4-7(13)5-10(11)14/h4-5H,3H2,1-2H3,(H,15,16). The van der Waals surface area contributed by atoms with Crippen LogP contribution in [0.5, 0.6) is 0 Å². The zero-order chi connectivity index (χ0) is 11.9. The number of aromatic amines is 1. The normalized spacial score (nSPS) is 11.0. The minimum Gasteiger partial charge on any atom is -0.357 e. The highest BCUT2D eigenvalue weighted by molar-refractivity contribution is 9.11. The van der Waals surface area contributed by atoms with E-state index < -0.39 is 0 Å². The van der Waals surface area contributed by atoms with E-state index in [-0.39, 0.29) is 5.43 Å². The zero-order valence-corrected chi connectivity index (χ0v) is 12.2. The number of pyridine rings is 1. The van der Waals surface area contributed by atoms with E-state index in [1.165, 1.54) is 0 Å². The Morgan fingerprint density at radius 2 is 2.00 bits per heavy atom. The van der Waals surface area contributed by atoms with Crippen LogP contribution in [0.25, 0.3) is 10.9 Å². The highest BCUT2D eigenvalue weighted by Crippen LogP contribution is 2.26. The monoisotopic (exact) mass is 343 g/mol. The van der Waals surface area contributed by atoms with E-state index in [2.05, 4.69) is 36.8 Å². The Labute approximate surface area is 110 Å². The van der Waals surface area contributed by atoms with Crippen LogP contribution in [0.2, 0.25) is 0 Å². The lowest BCUT2D eigenvalue weighted by Gasteiger charge is -2.08. The van der Waals surface area contributed by atoms with Crippen molar-refractivity contribution in [3.63, 3.8) is 0 Å². The van der Waals surface area contributed by atoms with Gasteiger partial charge in [0.15, 0.2) is 5.43 Å². The van der Waals surface area contributed by atoms with Gasteiger partial charge >= 0.3 is 0 Å². The molecule has 0 saturated carbocycles.